The molecule has 1 saturated heterocycles. The maximum absolute atomic E-state index is 13.1. The smallest absolute Gasteiger partial charge is 0.269 e. The van der Waals surface area contributed by atoms with Crippen molar-refractivity contribution >= 4 is 26.7 Å². The predicted molar refractivity (Wildman–Crippen MR) is 96.0 cm³/mol. The first kappa shape index (κ1) is 16.0. The SMILES string of the molecule is NC1CCN(c2cn(S(=O)(=O)c3cccnc3)c3cccnc23)CC1. The van der Waals surface area contributed by atoms with Gasteiger partial charge >= 0.3 is 0 Å². The molecule has 1 aliphatic heterocycles. The van der Waals surface area contributed by atoms with Gasteiger partial charge in [0.05, 0.1) is 11.2 Å². The zero-order chi connectivity index (χ0) is 17.4. The lowest BCUT2D eigenvalue weighted by Gasteiger charge is -2.31. The molecule has 0 atom stereocenters. The number of pyridine rings is 2. The molecule has 0 unspecified atom stereocenters. The lowest BCUT2D eigenvalue weighted by Crippen LogP contribution is -2.39. The van der Waals surface area contributed by atoms with Crippen LogP contribution in [0.3, 0.4) is 0 Å². The third kappa shape index (κ3) is 2.77. The molecule has 25 heavy (non-hydrogen) atoms. The minimum Gasteiger partial charge on any atom is -0.368 e. The highest BCUT2D eigenvalue weighted by Gasteiger charge is 2.25. The Bertz CT molecular complexity index is 992. The summed E-state index contributed by atoms with van der Waals surface area (Å²) in [4.78, 5) is 10.7. The van der Waals surface area contributed by atoms with Gasteiger partial charge in [-0.25, -0.2) is 12.4 Å². The summed E-state index contributed by atoms with van der Waals surface area (Å²) >= 11 is 0. The molecule has 0 amide bonds. The largest absolute Gasteiger partial charge is 0.368 e. The molecular formula is C17H19N5O2S. The van der Waals surface area contributed by atoms with Crippen molar-refractivity contribution in [2.75, 3.05) is 18.0 Å². The van der Waals surface area contributed by atoms with Crippen molar-refractivity contribution < 1.29 is 8.42 Å². The number of nitrogens with zero attached hydrogens (tertiary/aromatic N) is 4. The molecule has 8 heteroatoms. The molecule has 4 rings (SSSR count). The van der Waals surface area contributed by atoms with E-state index in [0.717, 1.165) is 31.6 Å². The fourth-order valence-corrected chi connectivity index (χ4v) is 4.51. The fourth-order valence-electron chi connectivity index (χ4n) is 3.20. The second-order valence-electron chi connectivity index (χ2n) is 6.20. The van der Waals surface area contributed by atoms with E-state index in [2.05, 4.69) is 14.9 Å². The molecular weight excluding hydrogens is 338 g/mol. The Morgan fingerprint density at radius 1 is 1.12 bits per heavy atom. The van der Waals surface area contributed by atoms with Gasteiger partial charge in [-0.05, 0) is 37.1 Å². The van der Waals surface area contributed by atoms with Crippen molar-refractivity contribution in [2.24, 2.45) is 5.73 Å². The van der Waals surface area contributed by atoms with Crippen LogP contribution in [0.25, 0.3) is 11.0 Å². The molecule has 1 fully saturated rings. The Kier molecular flexibility index (Phi) is 3.93. The summed E-state index contributed by atoms with van der Waals surface area (Å²) in [6.07, 6.45) is 8.02. The number of hydrogen-bond donors (Lipinski definition) is 1. The third-order valence-electron chi connectivity index (χ3n) is 4.58. The Hall–Kier alpha value is -2.45. The first-order chi connectivity index (χ1) is 12.1. The first-order valence-electron chi connectivity index (χ1n) is 8.19. The Labute approximate surface area is 146 Å². The van der Waals surface area contributed by atoms with E-state index < -0.39 is 10.0 Å². The molecule has 7 nitrogen and oxygen atoms in total. The van der Waals surface area contributed by atoms with E-state index in [1.54, 1.807) is 42.9 Å². The topological polar surface area (TPSA) is 94.1 Å². The first-order valence-corrected chi connectivity index (χ1v) is 9.63. The molecule has 2 N–H and O–H groups in total. The average molecular weight is 357 g/mol. The minimum atomic E-state index is -3.73. The van der Waals surface area contributed by atoms with E-state index in [1.165, 1.54) is 10.2 Å². The van der Waals surface area contributed by atoms with Crippen LogP contribution in [0.1, 0.15) is 12.8 Å². The van der Waals surface area contributed by atoms with Gasteiger partial charge in [-0.1, -0.05) is 0 Å². The fraction of sp³-hybridized carbons (Fsp3) is 0.294. The summed E-state index contributed by atoms with van der Waals surface area (Å²) < 4.78 is 27.4. The van der Waals surface area contributed by atoms with Crippen molar-refractivity contribution in [1.29, 1.82) is 0 Å². The van der Waals surface area contributed by atoms with Gasteiger partial charge in [-0.2, -0.15) is 0 Å². The van der Waals surface area contributed by atoms with Crippen LogP contribution >= 0.6 is 0 Å². The van der Waals surface area contributed by atoms with Gasteiger partial charge in [-0.3, -0.25) is 9.97 Å². The summed E-state index contributed by atoms with van der Waals surface area (Å²) in [6, 6.07) is 6.88. The molecule has 0 bridgehead atoms. The van der Waals surface area contributed by atoms with Crippen LogP contribution in [0.5, 0.6) is 0 Å². The standard InChI is InChI=1S/C17H19N5O2S/c18-13-5-9-21(10-6-13)16-12-22(15-4-2-8-20-17(15)16)25(23,24)14-3-1-7-19-11-14/h1-4,7-8,11-13H,5-6,9-10,18H2. The van der Waals surface area contributed by atoms with E-state index in [1.807, 2.05) is 0 Å². The molecule has 0 radical (unpaired) electrons. The predicted octanol–water partition coefficient (Wildman–Crippen LogP) is 1.60. The second-order valence-corrected chi connectivity index (χ2v) is 8.01. The Morgan fingerprint density at radius 2 is 1.88 bits per heavy atom. The quantitative estimate of drug-likeness (QED) is 0.765. The van der Waals surface area contributed by atoms with Crippen LogP contribution in [-0.4, -0.2) is 41.5 Å². The number of rotatable bonds is 3. The summed E-state index contributed by atoms with van der Waals surface area (Å²) in [6.45, 7) is 1.59. The molecule has 3 aromatic heterocycles. The minimum absolute atomic E-state index is 0.156. The van der Waals surface area contributed by atoms with Crippen molar-refractivity contribution in [3.05, 3.63) is 49.1 Å². The number of anilines is 1. The van der Waals surface area contributed by atoms with Gasteiger partial charge in [0, 0.05) is 43.9 Å². The van der Waals surface area contributed by atoms with E-state index in [-0.39, 0.29) is 10.9 Å². The van der Waals surface area contributed by atoms with E-state index in [4.69, 9.17) is 5.73 Å². The zero-order valence-electron chi connectivity index (χ0n) is 13.6. The highest BCUT2D eigenvalue weighted by atomic mass is 32.2. The Balaban J connectivity index is 1.86. The average Bonchev–Trinajstić information content (AvgIpc) is 3.04. The van der Waals surface area contributed by atoms with E-state index in [0.29, 0.717) is 11.0 Å². The van der Waals surface area contributed by atoms with Gasteiger partial charge in [0.2, 0.25) is 0 Å². The number of aromatic nitrogens is 3. The summed E-state index contributed by atoms with van der Waals surface area (Å²) in [5, 5.41) is 0. The maximum Gasteiger partial charge on any atom is 0.269 e. The lowest BCUT2D eigenvalue weighted by atomic mass is 10.1. The number of hydrogen-bond acceptors (Lipinski definition) is 6. The van der Waals surface area contributed by atoms with E-state index in [9.17, 15) is 8.42 Å². The lowest BCUT2D eigenvalue weighted by molar-refractivity contribution is 0.502. The molecule has 0 aliphatic carbocycles. The van der Waals surface area contributed by atoms with Gasteiger partial charge < -0.3 is 10.6 Å². The highest BCUT2D eigenvalue weighted by molar-refractivity contribution is 7.90. The summed E-state index contributed by atoms with van der Waals surface area (Å²) in [5.41, 5.74) is 8.07. The zero-order valence-corrected chi connectivity index (χ0v) is 14.4. The number of piperidine rings is 1. The molecule has 4 heterocycles. The van der Waals surface area contributed by atoms with Crippen molar-refractivity contribution in [2.45, 2.75) is 23.8 Å². The van der Waals surface area contributed by atoms with Crippen molar-refractivity contribution in [3.8, 4) is 0 Å². The monoisotopic (exact) mass is 357 g/mol. The van der Waals surface area contributed by atoms with Crippen LogP contribution in [0, 0.1) is 0 Å². The molecule has 0 aromatic carbocycles. The van der Waals surface area contributed by atoms with Crippen LogP contribution in [-0.2, 0) is 10.0 Å². The molecule has 3 aromatic rings. The molecule has 130 valence electrons. The van der Waals surface area contributed by atoms with Gasteiger partial charge in [0.15, 0.2) is 0 Å². The van der Waals surface area contributed by atoms with Crippen LogP contribution in [0.2, 0.25) is 0 Å². The van der Waals surface area contributed by atoms with Crippen molar-refractivity contribution in [3.63, 3.8) is 0 Å². The third-order valence-corrected chi connectivity index (χ3v) is 6.23. The van der Waals surface area contributed by atoms with Crippen LogP contribution < -0.4 is 10.6 Å². The second kappa shape index (κ2) is 6.12. The van der Waals surface area contributed by atoms with Gasteiger partial charge in [-0.15, -0.1) is 0 Å². The normalized spacial score (nSPS) is 16.4. The summed E-state index contributed by atoms with van der Waals surface area (Å²) in [7, 11) is -3.73. The van der Waals surface area contributed by atoms with Gasteiger partial charge in [0.25, 0.3) is 10.0 Å². The number of fused-ring (bicyclic) bond motifs is 1. The Morgan fingerprint density at radius 3 is 2.60 bits per heavy atom. The van der Waals surface area contributed by atoms with E-state index >= 15 is 0 Å². The molecule has 1 aliphatic rings. The molecule has 0 saturated carbocycles. The van der Waals surface area contributed by atoms with Crippen molar-refractivity contribution in [1.82, 2.24) is 13.9 Å². The highest BCUT2D eigenvalue weighted by Crippen LogP contribution is 2.31. The van der Waals surface area contributed by atoms with Crippen LogP contribution in [0.4, 0.5) is 5.69 Å². The summed E-state index contributed by atoms with van der Waals surface area (Å²) in [5.74, 6) is 0. The maximum atomic E-state index is 13.1. The molecule has 0 spiro atoms. The van der Waals surface area contributed by atoms with Crippen LogP contribution in [0.15, 0.2) is 53.9 Å². The van der Waals surface area contributed by atoms with Gasteiger partial charge in [0.1, 0.15) is 10.4 Å². The number of nitrogens with two attached hydrogens (primary N) is 1.